The van der Waals surface area contributed by atoms with Crippen molar-refractivity contribution in [1.82, 2.24) is 5.32 Å². The van der Waals surface area contributed by atoms with E-state index < -0.39 is 24.4 Å². The number of ether oxygens (including phenoxy) is 1. The zero-order valence-electron chi connectivity index (χ0n) is 19.9. The molecule has 9 heteroatoms. The minimum atomic E-state index is -4.41. The van der Waals surface area contributed by atoms with Gasteiger partial charge in [-0.15, -0.1) is 0 Å². The van der Waals surface area contributed by atoms with Crippen molar-refractivity contribution in [3.63, 3.8) is 0 Å². The van der Waals surface area contributed by atoms with E-state index >= 15 is 0 Å². The molecule has 1 N–H and O–H groups in total. The highest BCUT2D eigenvalue weighted by Crippen LogP contribution is 2.32. The van der Waals surface area contributed by atoms with E-state index in [9.17, 15) is 26.7 Å². The van der Waals surface area contributed by atoms with Crippen LogP contribution in [0.5, 0.6) is 5.75 Å². The first kappa shape index (κ1) is 27.0. The summed E-state index contributed by atoms with van der Waals surface area (Å²) in [4.78, 5) is 14.8. The number of carbonyl (C=O) groups excluding carboxylic acids is 1. The van der Waals surface area contributed by atoms with E-state index in [-0.39, 0.29) is 11.7 Å². The zero-order valence-corrected chi connectivity index (χ0v) is 19.9. The van der Waals surface area contributed by atoms with Gasteiger partial charge in [0.2, 0.25) is 5.91 Å². The second kappa shape index (κ2) is 11.9. The number of nitrogens with zero attached hydrogens (tertiary/aromatic N) is 1. The van der Waals surface area contributed by atoms with Gasteiger partial charge in [-0.2, -0.15) is 22.0 Å². The van der Waals surface area contributed by atoms with Crippen LogP contribution in [0, 0.1) is 6.92 Å². The van der Waals surface area contributed by atoms with Crippen molar-refractivity contribution in [3.05, 3.63) is 95.1 Å². The van der Waals surface area contributed by atoms with Gasteiger partial charge in [-0.25, -0.2) is 0 Å². The van der Waals surface area contributed by atoms with Crippen molar-refractivity contribution in [1.29, 1.82) is 0 Å². The van der Waals surface area contributed by atoms with Gasteiger partial charge in [0.25, 0.3) is 0 Å². The molecule has 0 bridgehead atoms. The molecule has 0 aliphatic carbocycles. The van der Waals surface area contributed by atoms with Crippen molar-refractivity contribution in [2.75, 3.05) is 18.5 Å². The van der Waals surface area contributed by atoms with Gasteiger partial charge in [0.1, 0.15) is 11.8 Å². The van der Waals surface area contributed by atoms with Crippen molar-refractivity contribution in [3.8, 4) is 5.75 Å². The van der Waals surface area contributed by atoms with Gasteiger partial charge in [-0.3, -0.25) is 4.79 Å². The van der Waals surface area contributed by atoms with E-state index in [1.807, 2.05) is 31.2 Å². The molecule has 0 aliphatic heterocycles. The summed E-state index contributed by atoms with van der Waals surface area (Å²) in [6, 6.07) is 17.7. The average Bonchev–Trinajstić information content (AvgIpc) is 2.83. The van der Waals surface area contributed by atoms with Crippen molar-refractivity contribution in [2.45, 2.75) is 38.6 Å². The second-order valence-electron chi connectivity index (χ2n) is 8.29. The number of carbonyl (C=O) groups is 1. The Morgan fingerprint density at radius 2 is 1.67 bits per heavy atom. The van der Waals surface area contributed by atoms with Gasteiger partial charge in [-0.05, 0) is 55.2 Å². The van der Waals surface area contributed by atoms with E-state index in [0.29, 0.717) is 36.2 Å². The summed E-state index contributed by atoms with van der Waals surface area (Å²) in [5.41, 5.74) is 2.20. The molecule has 0 aliphatic rings. The molecule has 1 atom stereocenters. The van der Waals surface area contributed by atoms with Crippen LogP contribution >= 0.6 is 0 Å². The Balaban J connectivity index is 1.90. The van der Waals surface area contributed by atoms with Gasteiger partial charge in [0, 0.05) is 25.3 Å². The van der Waals surface area contributed by atoms with Crippen molar-refractivity contribution in [2.24, 2.45) is 0 Å². The summed E-state index contributed by atoms with van der Waals surface area (Å²) in [7, 11) is 1.51. The highest BCUT2D eigenvalue weighted by Gasteiger charge is 2.30. The molecule has 1 amide bonds. The Hall–Kier alpha value is -3.62. The lowest BCUT2D eigenvalue weighted by Crippen LogP contribution is -2.40. The summed E-state index contributed by atoms with van der Waals surface area (Å²) in [5.74, 6) is -0.344. The fraction of sp³-hybridized carbons (Fsp3) is 0.296. The van der Waals surface area contributed by atoms with E-state index in [0.717, 1.165) is 17.7 Å². The number of rotatable bonds is 10. The quantitative estimate of drug-likeness (QED) is 0.318. The first-order chi connectivity index (χ1) is 17.1. The normalized spacial score (nSPS) is 12.3. The molecule has 3 aromatic rings. The molecule has 0 radical (unpaired) electrons. The number of aryl methyl sites for hydroxylation is 2. The standard InChI is InChI=1S/C27H27F5N2O2/c1-18-8-12-20(13-9-18)24(25(35)33-2)34(22-6-3-7-23(17-22)36-26(28)29)16-4-5-19-10-14-21(15-11-19)27(30,31)32/h3,6-15,17,24,26H,4-5,16H2,1-2H3,(H,33,35)/t24-/m1/s1. The van der Waals surface area contributed by atoms with Crippen LogP contribution in [0.2, 0.25) is 0 Å². The number of amides is 1. The first-order valence-electron chi connectivity index (χ1n) is 11.3. The predicted octanol–water partition coefficient (Wildman–Crippen LogP) is 6.54. The summed E-state index contributed by atoms with van der Waals surface area (Å²) in [6.45, 7) is -0.753. The average molecular weight is 507 g/mol. The summed E-state index contributed by atoms with van der Waals surface area (Å²) in [6.07, 6.45) is -3.46. The van der Waals surface area contributed by atoms with Crippen LogP contribution in [0.25, 0.3) is 0 Å². The highest BCUT2D eigenvalue weighted by molar-refractivity contribution is 5.86. The molecule has 0 fully saturated rings. The maximum Gasteiger partial charge on any atom is 0.416 e. The fourth-order valence-electron chi connectivity index (χ4n) is 3.92. The van der Waals surface area contributed by atoms with E-state index in [2.05, 4.69) is 10.1 Å². The number of halogens is 5. The Labute approximate surface area is 206 Å². The molecule has 0 aromatic heterocycles. The molecule has 36 heavy (non-hydrogen) atoms. The smallest absolute Gasteiger partial charge is 0.416 e. The second-order valence-corrected chi connectivity index (χ2v) is 8.29. The minimum absolute atomic E-state index is 0.0465. The maximum atomic E-state index is 13.0. The van der Waals surface area contributed by atoms with Gasteiger partial charge < -0.3 is 15.0 Å². The van der Waals surface area contributed by atoms with Gasteiger partial charge in [0.15, 0.2) is 0 Å². The molecule has 192 valence electrons. The Bertz CT molecular complexity index is 1130. The Morgan fingerprint density at radius 1 is 1.00 bits per heavy atom. The lowest BCUT2D eigenvalue weighted by molar-refractivity contribution is -0.137. The lowest BCUT2D eigenvalue weighted by Gasteiger charge is -2.33. The number of nitrogens with one attached hydrogen (secondary N) is 1. The molecule has 0 spiro atoms. The third kappa shape index (κ3) is 7.19. The highest BCUT2D eigenvalue weighted by atomic mass is 19.4. The van der Waals surface area contributed by atoms with Gasteiger partial charge in [0.05, 0.1) is 5.56 Å². The zero-order chi connectivity index (χ0) is 26.3. The molecule has 0 heterocycles. The predicted molar refractivity (Wildman–Crippen MR) is 128 cm³/mol. The fourth-order valence-corrected chi connectivity index (χ4v) is 3.92. The molecule has 0 unspecified atom stereocenters. The molecular weight excluding hydrogens is 479 g/mol. The van der Waals surface area contributed by atoms with Crippen LogP contribution in [0.1, 0.15) is 34.7 Å². The van der Waals surface area contributed by atoms with Crippen molar-refractivity contribution >= 4 is 11.6 Å². The molecule has 3 aromatic carbocycles. The Morgan fingerprint density at radius 3 is 2.25 bits per heavy atom. The molecule has 0 saturated heterocycles. The molecule has 3 rings (SSSR count). The number of hydrogen-bond acceptors (Lipinski definition) is 3. The first-order valence-corrected chi connectivity index (χ1v) is 11.3. The van der Waals surface area contributed by atoms with Gasteiger partial charge >= 0.3 is 12.8 Å². The number of anilines is 1. The summed E-state index contributed by atoms with van der Waals surface area (Å²) < 4.78 is 68.8. The largest absolute Gasteiger partial charge is 0.435 e. The molecule has 0 saturated carbocycles. The number of alkyl halides is 5. The Kier molecular flexibility index (Phi) is 8.90. The number of benzene rings is 3. The summed E-state index contributed by atoms with van der Waals surface area (Å²) >= 11 is 0. The SMILES string of the molecule is CNC(=O)[C@@H](c1ccc(C)cc1)N(CCCc1ccc(C(F)(F)F)cc1)c1cccc(OC(F)F)c1. The van der Waals surface area contributed by atoms with Crippen LogP contribution in [-0.2, 0) is 17.4 Å². The van der Waals surface area contributed by atoms with Crippen molar-refractivity contribution < 1.29 is 31.5 Å². The van der Waals surface area contributed by atoms with E-state index in [1.54, 1.807) is 17.0 Å². The summed E-state index contributed by atoms with van der Waals surface area (Å²) in [5, 5.41) is 2.67. The van der Waals surface area contributed by atoms with Crippen LogP contribution in [-0.4, -0.2) is 26.1 Å². The molecular formula is C27H27F5N2O2. The maximum absolute atomic E-state index is 13.0. The third-order valence-electron chi connectivity index (χ3n) is 5.72. The topological polar surface area (TPSA) is 41.6 Å². The van der Waals surface area contributed by atoms with E-state index in [1.165, 1.54) is 31.3 Å². The van der Waals surface area contributed by atoms with Crippen LogP contribution in [0.4, 0.5) is 27.6 Å². The minimum Gasteiger partial charge on any atom is -0.435 e. The monoisotopic (exact) mass is 506 g/mol. The number of likely N-dealkylation sites (N-methyl/N-ethyl adjacent to an activating group) is 1. The van der Waals surface area contributed by atoms with Gasteiger partial charge in [-0.1, -0.05) is 48.0 Å². The third-order valence-corrected chi connectivity index (χ3v) is 5.72. The van der Waals surface area contributed by atoms with Crippen LogP contribution < -0.4 is 15.0 Å². The van der Waals surface area contributed by atoms with E-state index in [4.69, 9.17) is 0 Å². The lowest BCUT2D eigenvalue weighted by atomic mass is 10.0. The number of hydrogen-bond donors (Lipinski definition) is 1. The van der Waals surface area contributed by atoms with Crippen LogP contribution in [0.3, 0.4) is 0 Å². The molecule has 4 nitrogen and oxygen atoms in total. The van der Waals surface area contributed by atoms with Crippen LogP contribution in [0.15, 0.2) is 72.8 Å².